The number of hydrogen-bond donors (Lipinski definition) is 2. The standard InChI is InChI=1S/C18H24O2.C14H25F5S/c1-18-9-8-14-13-5-3-12(19)10-11(13)2-4-15(14)16(18)6-7-17(18)20;1-2-3-4-5-6-7-8-11-20-12-9-10-13(15,16)14(17,18)19/h3,5,10,14-17,19-20H,2,4,6-9H2,1H3;2-12H2,1H3. The number of phenolic OH excluding ortho intramolecular Hbond substituents is 1. The average molecular weight is 593 g/mol. The van der Waals surface area contributed by atoms with Gasteiger partial charge in [-0.15, -0.1) is 0 Å². The molecule has 40 heavy (non-hydrogen) atoms. The lowest BCUT2D eigenvalue weighted by molar-refractivity contribution is -0.284. The van der Waals surface area contributed by atoms with Crippen molar-refractivity contribution in [3.63, 3.8) is 0 Å². The number of aryl methyl sites for hydroxylation is 1. The van der Waals surface area contributed by atoms with Crippen LogP contribution in [0.25, 0.3) is 0 Å². The summed E-state index contributed by atoms with van der Waals surface area (Å²) in [7, 11) is 0. The minimum absolute atomic E-state index is 0.0883. The largest absolute Gasteiger partial charge is 0.508 e. The molecule has 2 N–H and O–H groups in total. The van der Waals surface area contributed by atoms with Gasteiger partial charge in [-0.1, -0.05) is 58.4 Å². The number of halogens is 5. The Morgan fingerprint density at radius 2 is 1.57 bits per heavy atom. The highest BCUT2D eigenvalue weighted by molar-refractivity contribution is 7.99. The van der Waals surface area contributed by atoms with Crippen molar-refractivity contribution in [1.29, 1.82) is 0 Å². The molecular formula is C32H49F5O2S. The number of phenols is 1. The first-order valence-corrected chi connectivity index (χ1v) is 16.6. The highest BCUT2D eigenvalue weighted by atomic mass is 32.2. The number of rotatable bonds is 12. The summed E-state index contributed by atoms with van der Waals surface area (Å²) in [6.45, 7) is 4.48. The van der Waals surface area contributed by atoms with Crippen molar-refractivity contribution in [3.8, 4) is 5.75 Å². The first-order chi connectivity index (χ1) is 18.9. The molecule has 0 spiro atoms. The number of unbranched alkanes of at least 4 members (excludes halogenated alkanes) is 6. The number of aliphatic hydroxyl groups excluding tert-OH is 1. The number of benzene rings is 1. The molecule has 5 atom stereocenters. The molecular weight excluding hydrogens is 543 g/mol. The molecule has 0 radical (unpaired) electrons. The average Bonchev–Trinajstić information content (AvgIpc) is 3.21. The quantitative estimate of drug-likeness (QED) is 0.187. The molecule has 0 amide bonds. The van der Waals surface area contributed by atoms with Gasteiger partial charge in [-0.3, -0.25) is 0 Å². The molecule has 3 aliphatic rings. The zero-order valence-electron chi connectivity index (χ0n) is 24.3. The predicted octanol–water partition coefficient (Wildman–Crippen LogP) is 10.1. The van der Waals surface area contributed by atoms with Gasteiger partial charge in [0.15, 0.2) is 0 Å². The van der Waals surface area contributed by atoms with Crippen molar-refractivity contribution in [2.24, 2.45) is 17.3 Å². The summed E-state index contributed by atoms with van der Waals surface area (Å²) >= 11 is 1.47. The Morgan fingerprint density at radius 1 is 0.900 bits per heavy atom. The fourth-order valence-corrected chi connectivity index (χ4v) is 8.30. The van der Waals surface area contributed by atoms with E-state index in [0.717, 1.165) is 43.8 Å². The molecule has 2 saturated carbocycles. The van der Waals surface area contributed by atoms with E-state index in [0.29, 0.717) is 23.3 Å². The van der Waals surface area contributed by atoms with E-state index in [1.807, 2.05) is 12.1 Å². The van der Waals surface area contributed by atoms with Crippen LogP contribution in [-0.2, 0) is 6.42 Å². The molecule has 0 bridgehead atoms. The molecule has 8 heteroatoms. The summed E-state index contributed by atoms with van der Waals surface area (Å²) in [5.41, 5.74) is 2.99. The van der Waals surface area contributed by atoms with Crippen LogP contribution in [-0.4, -0.2) is 39.9 Å². The van der Waals surface area contributed by atoms with Gasteiger partial charge >= 0.3 is 12.1 Å². The zero-order valence-corrected chi connectivity index (χ0v) is 25.1. The van der Waals surface area contributed by atoms with Crippen LogP contribution in [0.3, 0.4) is 0 Å². The summed E-state index contributed by atoms with van der Waals surface area (Å²) in [5.74, 6) is -0.817. The normalized spacial score (nSPS) is 27.8. The Kier molecular flexibility index (Phi) is 12.5. The number of fused-ring (bicyclic) bond motifs is 5. The molecule has 1 aromatic carbocycles. The van der Waals surface area contributed by atoms with E-state index >= 15 is 0 Å². The first kappa shape index (κ1) is 33.5. The first-order valence-electron chi connectivity index (χ1n) is 15.4. The number of alkyl halides is 5. The van der Waals surface area contributed by atoms with E-state index in [1.165, 1.54) is 74.3 Å². The third kappa shape index (κ3) is 8.52. The van der Waals surface area contributed by atoms with Crippen LogP contribution in [0.4, 0.5) is 22.0 Å². The van der Waals surface area contributed by atoms with Crippen LogP contribution < -0.4 is 0 Å². The lowest BCUT2D eigenvalue weighted by Gasteiger charge is -2.50. The van der Waals surface area contributed by atoms with E-state index < -0.39 is 18.5 Å². The maximum Gasteiger partial charge on any atom is 0.453 e. The van der Waals surface area contributed by atoms with Crippen molar-refractivity contribution < 1.29 is 32.2 Å². The minimum Gasteiger partial charge on any atom is -0.508 e. The lowest BCUT2D eigenvalue weighted by atomic mass is 9.55. The number of thioether (sulfide) groups is 1. The van der Waals surface area contributed by atoms with E-state index in [-0.39, 0.29) is 17.9 Å². The van der Waals surface area contributed by atoms with Crippen molar-refractivity contribution >= 4 is 11.8 Å². The van der Waals surface area contributed by atoms with Gasteiger partial charge in [-0.2, -0.15) is 33.7 Å². The maximum absolute atomic E-state index is 12.6. The molecule has 3 aliphatic carbocycles. The highest BCUT2D eigenvalue weighted by Gasteiger charge is 2.56. The van der Waals surface area contributed by atoms with Gasteiger partial charge in [0.1, 0.15) is 5.75 Å². The summed E-state index contributed by atoms with van der Waals surface area (Å²) < 4.78 is 60.8. The van der Waals surface area contributed by atoms with Crippen LogP contribution in [0.5, 0.6) is 5.75 Å². The predicted molar refractivity (Wildman–Crippen MR) is 154 cm³/mol. The van der Waals surface area contributed by atoms with Crippen molar-refractivity contribution in [1.82, 2.24) is 0 Å². The van der Waals surface area contributed by atoms with Crippen molar-refractivity contribution in [2.75, 3.05) is 11.5 Å². The fourth-order valence-electron chi connectivity index (χ4n) is 7.34. The SMILES string of the molecule is CC12CCC3c4ccc(O)cc4CCC3C1CCC2O.CCCCCCCCCSCCCC(F)(F)C(F)(F)F. The molecule has 2 fully saturated rings. The van der Waals surface area contributed by atoms with Gasteiger partial charge in [0.25, 0.3) is 0 Å². The molecule has 0 aliphatic heterocycles. The van der Waals surface area contributed by atoms with Gasteiger partial charge in [-0.25, -0.2) is 0 Å². The lowest BCUT2D eigenvalue weighted by Crippen LogP contribution is -2.43. The zero-order chi connectivity index (χ0) is 29.4. The molecule has 2 nitrogen and oxygen atoms in total. The molecule has 0 aromatic heterocycles. The monoisotopic (exact) mass is 592 g/mol. The van der Waals surface area contributed by atoms with Crippen LogP contribution in [0.2, 0.25) is 0 Å². The molecule has 0 heterocycles. The van der Waals surface area contributed by atoms with Crippen LogP contribution in [0, 0.1) is 17.3 Å². The number of hydrogen-bond acceptors (Lipinski definition) is 3. The summed E-state index contributed by atoms with van der Waals surface area (Å²) in [6, 6.07) is 5.96. The molecule has 4 rings (SSSR count). The molecule has 230 valence electrons. The fraction of sp³-hybridized carbons (Fsp3) is 0.812. The Morgan fingerprint density at radius 3 is 2.27 bits per heavy atom. The molecule has 1 aromatic rings. The van der Waals surface area contributed by atoms with E-state index in [1.54, 1.807) is 0 Å². The van der Waals surface area contributed by atoms with Crippen molar-refractivity contribution in [2.45, 2.75) is 134 Å². The van der Waals surface area contributed by atoms with Gasteiger partial charge < -0.3 is 10.2 Å². The maximum atomic E-state index is 12.6. The van der Waals surface area contributed by atoms with Crippen LogP contribution >= 0.6 is 11.8 Å². The Hall–Kier alpha value is -1.02. The Bertz CT molecular complexity index is 908. The van der Waals surface area contributed by atoms with Crippen LogP contribution in [0.1, 0.15) is 121 Å². The number of aliphatic hydroxyl groups is 1. The van der Waals surface area contributed by atoms with Gasteiger partial charge in [0.2, 0.25) is 0 Å². The van der Waals surface area contributed by atoms with E-state index in [2.05, 4.69) is 19.9 Å². The summed E-state index contributed by atoms with van der Waals surface area (Å²) in [4.78, 5) is 0. The summed E-state index contributed by atoms with van der Waals surface area (Å²) in [6.07, 6.45) is 8.49. The third-order valence-corrected chi connectivity index (χ3v) is 10.9. The van der Waals surface area contributed by atoms with Gasteiger partial charge in [-0.05, 0) is 109 Å². The van der Waals surface area contributed by atoms with Crippen LogP contribution in [0.15, 0.2) is 18.2 Å². The second-order valence-electron chi connectivity index (χ2n) is 12.5. The van der Waals surface area contributed by atoms with Gasteiger partial charge in [0.05, 0.1) is 6.10 Å². The third-order valence-electron chi connectivity index (χ3n) is 9.75. The van der Waals surface area contributed by atoms with E-state index in [4.69, 9.17) is 0 Å². The van der Waals surface area contributed by atoms with Crippen molar-refractivity contribution in [3.05, 3.63) is 29.3 Å². The van der Waals surface area contributed by atoms with Gasteiger partial charge in [0, 0.05) is 6.42 Å². The molecule has 5 unspecified atom stereocenters. The highest BCUT2D eigenvalue weighted by Crippen LogP contribution is 2.60. The Balaban J connectivity index is 0.000000220. The minimum atomic E-state index is -5.41. The smallest absolute Gasteiger partial charge is 0.453 e. The van der Waals surface area contributed by atoms with E-state index in [9.17, 15) is 32.2 Å². The Labute approximate surface area is 241 Å². The summed E-state index contributed by atoms with van der Waals surface area (Å²) in [5, 5.41) is 20.0. The molecule has 0 saturated heterocycles. The number of aromatic hydroxyl groups is 1. The topological polar surface area (TPSA) is 40.5 Å². The second kappa shape index (κ2) is 14.9. The second-order valence-corrected chi connectivity index (χ2v) is 13.7.